The van der Waals surface area contributed by atoms with Gasteiger partial charge in [0.1, 0.15) is 0 Å². The lowest BCUT2D eigenvalue weighted by atomic mass is 10.1. The highest BCUT2D eigenvalue weighted by Crippen LogP contribution is 2.19. The lowest BCUT2D eigenvalue weighted by Gasteiger charge is -2.29. The Hall–Kier alpha value is -0.260. The fourth-order valence-corrected chi connectivity index (χ4v) is 3.23. The summed E-state index contributed by atoms with van der Waals surface area (Å²) in [6.07, 6.45) is 0.266. The monoisotopic (exact) mass is 257 g/mol. The van der Waals surface area contributed by atoms with Crippen molar-refractivity contribution >= 4 is 16.9 Å². The molecule has 2 heterocycles. The summed E-state index contributed by atoms with van der Waals surface area (Å²) >= 11 is 1.84. The Morgan fingerprint density at radius 1 is 1.59 bits per heavy atom. The first-order valence-corrected chi connectivity index (χ1v) is 7.37. The molecule has 2 saturated heterocycles. The Morgan fingerprint density at radius 2 is 2.41 bits per heavy atom. The van der Waals surface area contributed by atoms with Gasteiger partial charge in [0.05, 0.1) is 19.3 Å². The summed E-state index contributed by atoms with van der Waals surface area (Å²) in [5.74, 6) is 1.81. The zero-order valence-electron chi connectivity index (χ0n) is 11.0. The lowest BCUT2D eigenvalue weighted by molar-refractivity contribution is -0.0135. The van der Waals surface area contributed by atoms with Gasteiger partial charge < -0.3 is 15.0 Å². The largest absolute Gasteiger partial charge is 0.374 e. The van der Waals surface area contributed by atoms with E-state index in [9.17, 15) is 0 Å². The van der Waals surface area contributed by atoms with Crippen LogP contribution in [-0.2, 0) is 4.74 Å². The van der Waals surface area contributed by atoms with Crippen molar-refractivity contribution < 1.29 is 4.74 Å². The predicted octanol–water partition coefficient (Wildman–Crippen LogP) is 1.03. The van der Waals surface area contributed by atoms with Gasteiger partial charge in [-0.1, -0.05) is 25.6 Å². The van der Waals surface area contributed by atoms with Crippen LogP contribution in [0.25, 0.3) is 0 Å². The van der Waals surface area contributed by atoms with Crippen LogP contribution >= 0.6 is 11.8 Å². The van der Waals surface area contributed by atoms with E-state index in [0.29, 0.717) is 12.0 Å². The molecule has 1 N–H and O–H groups in total. The fraction of sp³-hybridized carbons (Fsp3) is 0.917. The second-order valence-electron chi connectivity index (χ2n) is 5.21. The van der Waals surface area contributed by atoms with Crippen LogP contribution in [0.4, 0.5) is 0 Å². The minimum atomic E-state index is 0.266. The molecule has 0 aromatic carbocycles. The normalized spacial score (nSPS) is 33.3. The van der Waals surface area contributed by atoms with Gasteiger partial charge in [0.2, 0.25) is 0 Å². The van der Waals surface area contributed by atoms with Gasteiger partial charge in [-0.15, -0.1) is 0 Å². The van der Waals surface area contributed by atoms with Crippen LogP contribution in [-0.4, -0.2) is 61.3 Å². The molecule has 0 aromatic heterocycles. The molecule has 0 spiro atoms. The number of amidine groups is 1. The maximum absolute atomic E-state index is 5.70. The van der Waals surface area contributed by atoms with Crippen molar-refractivity contribution in [2.45, 2.75) is 26.0 Å². The van der Waals surface area contributed by atoms with E-state index in [2.05, 4.69) is 36.1 Å². The molecule has 17 heavy (non-hydrogen) atoms. The van der Waals surface area contributed by atoms with Crippen LogP contribution in [0.5, 0.6) is 0 Å². The number of morpholine rings is 1. The molecule has 2 aliphatic heterocycles. The Morgan fingerprint density at radius 3 is 3.06 bits per heavy atom. The summed E-state index contributed by atoms with van der Waals surface area (Å²) in [5.41, 5.74) is 0. The van der Waals surface area contributed by atoms with E-state index in [0.717, 1.165) is 37.2 Å². The number of ether oxygens (including phenoxy) is 1. The van der Waals surface area contributed by atoms with Crippen LogP contribution in [0.3, 0.4) is 0 Å². The molecule has 0 saturated carbocycles. The highest BCUT2D eigenvalue weighted by Gasteiger charge is 2.23. The molecular formula is C12H23N3OS. The third kappa shape index (κ3) is 3.86. The zero-order chi connectivity index (χ0) is 12.3. The molecule has 2 unspecified atom stereocenters. The van der Waals surface area contributed by atoms with Gasteiger partial charge in [0.15, 0.2) is 5.17 Å². The van der Waals surface area contributed by atoms with Crippen LogP contribution in [0, 0.1) is 5.92 Å². The van der Waals surface area contributed by atoms with E-state index >= 15 is 0 Å². The van der Waals surface area contributed by atoms with E-state index < -0.39 is 0 Å². The molecule has 0 bridgehead atoms. The second-order valence-corrected chi connectivity index (χ2v) is 6.22. The number of likely N-dealkylation sites (N-methyl/N-ethyl adjacent to an activating group) is 1. The molecule has 2 fully saturated rings. The van der Waals surface area contributed by atoms with E-state index in [1.165, 1.54) is 0 Å². The minimum absolute atomic E-state index is 0.266. The van der Waals surface area contributed by atoms with Crippen LogP contribution < -0.4 is 5.32 Å². The van der Waals surface area contributed by atoms with Gasteiger partial charge in [0.25, 0.3) is 0 Å². The maximum atomic E-state index is 5.70. The summed E-state index contributed by atoms with van der Waals surface area (Å²) in [4.78, 5) is 6.94. The fourth-order valence-electron chi connectivity index (χ4n) is 2.02. The lowest BCUT2D eigenvalue weighted by Crippen LogP contribution is -2.41. The van der Waals surface area contributed by atoms with E-state index in [1.807, 2.05) is 11.8 Å². The molecule has 0 aromatic rings. The first-order valence-electron chi connectivity index (χ1n) is 6.39. The van der Waals surface area contributed by atoms with Gasteiger partial charge in [-0.25, -0.2) is 0 Å². The van der Waals surface area contributed by atoms with Crippen molar-refractivity contribution in [2.24, 2.45) is 10.9 Å². The van der Waals surface area contributed by atoms with Crippen LogP contribution in [0.1, 0.15) is 13.8 Å². The quantitative estimate of drug-likeness (QED) is 0.819. The molecule has 2 aliphatic rings. The van der Waals surface area contributed by atoms with Crippen LogP contribution in [0.15, 0.2) is 4.99 Å². The Kier molecular flexibility index (Phi) is 4.70. The molecule has 0 aliphatic carbocycles. The second kappa shape index (κ2) is 6.07. The molecule has 0 amide bonds. The first-order chi connectivity index (χ1) is 8.15. The number of hydrogen-bond donors (Lipinski definition) is 1. The van der Waals surface area contributed by atoms with E-state index in [4.69, 9.17) is 4.74 Å². The summed E-state index contributed by atoms with van der Waals surface area (Å²) < 4.78 is 5.70. The smallest absolute Gasteiger partial charge is 0.156 e. The molecule has 2 atom stereocenters. The predicted molar refractivity (Wildman–Crippen MR) is 73.8 cm³/mol. The van der Waals surface area contributed by atoms with Crippen molar-refractivity contribution in [1.29, 1.82) is 0 Å². The Labute approximate surface area is 108 Å². The van der Waals surface area contributed by atoms with Gasteiger partial charge in [-0.3, -0.25) is 4.99 Å². The summed E-state index contributed by atoms with van der Waals surface area (Å²) in [5, 5.41) is 4.58. The summed E-state index contributed by atoms with van der Waals surface area (Å²) in [6, 6.07) is 0.577. The molecule has 2 rings (SSSR count). The van der Waals surface area contributed by atoms with Gasteiger partial charge in [0, 0.05) is 24.9 Å². The van der Waals surface area contributed by atoms with Crippen molar-refractivity contribution in [3.63, 3.8) is 0 Å². The summed E-state index contributed by atoms with van der Waals surface area (Å²) in [7, 11) is 2.14. The first kappa shape index (κ1) is 13.2. The number of thioether (sulfide) groups is 1. The highest BCUT2D eigenvalue weighted by atomic mass is 32.2. The van der Waals surface area contributed by atoms with Crippen molar-refractivity contribution in [1.82, 2.24) is 10.2 Å². The number of rotatable bonds is 3. The number of hydrogen-bond acceptors (Lipinski definition) is 4. The Bertz CT molecular complexity index is 283. The SMILES string of the molecule is CC(C)C1CSC(=NCC2CN(C)CCO2)N1. The van der Waals surface area contributed by atoms with Gasteiger partial charge >= 0.3 is 0 Å². The van der Waals surface area contributed by atoms with E-state index in [1.54, 1.807) is 0 Å². The van der Waals surface area contributed by atoms with Crippen molar-refractivity contribution in [3.05, 3.63) is 0 Å². The maximum Gasteiger partial charge on any atom is 0.156 e. The third-order valence-electron chi connectivity index (χ3n) is 3.29. The molecule has 4 nitrogen and oxygen atoms in total. The molecule has 5 heteroatoms. The molecule has 0 radical (unpaired) electrons. The average molecular weight is 257 g/mol. The Balaban J connectivity index is 1.77. The number of nitrogens with one attached hydrogen (secondary N) is 1. The van der Waals surface area contributed by atoms with Crippen LogP contribution in [0.2, 0.25) is 0 Å². The topological polar surface area (TPSA) is 36.9 Å². The third-order valence-corrected chi connectivity index (χ3v) is 4.34. The molecule has 98 valence electrons. The van der Waals surface area contributed by atoms with Gasteiger partial charge in [-0.05, 0) is 13.0 Å². The highest BCUT2D eigenvalue weighted by molar-refractivity contribution is 8.14. The average Bonchev–Trinajstić information content (AvgIpc) is 2.75. The standard InChI is InChI=1S/C12H23N3OS/c1-9(2)11-8-17-12(14-11)13-6-10-7-15(3)4-5-16-10/h9-11H,4-8H2,1-3H3,(H,13,14). The van der Waals surface area contributed by atoms with Crippen molar-refractivity contribution in [3.8, 4) is 0 Å². The number of nitrogens with zero attached hydrogens (tertiary/aromatic N) is 2. The van der Waals surface area contributed by atoms with Crippen molar-refractivity contribution in [2.75, 3.05) is 39.0 Å². The number of aliphatic imine (C=N–C) groups is 1. The zero-order valence-corrected chi connectivity index (χ0v) is 11.8. The van der Waals surface area contributed by atoms with Gasteiger partial charge in [-0.2, -0.15) is 0 Å². The summed E-state index contributed by atoms with van der Waals surface area (Å²) in [6.45, 7) is 8.15. The minimum Gasteiger partial charge on any atom is -0.374 e. The van der Waals surface area contributed by atoms with E-state index in [-0.39, 0.29) is 6.10 Å². The molecular weight excluding hydrogens is 234 g/mol.